The Kier molecular flexibility index (Phi) is 5.35. The van der Waals surface area contributed by atoms with Gasteiger partial charge in [0.15, 0.2) is 8.32 Å². The Hall–Kier alpha value is -1.41. The van der Waals surface area contributed by atoms with Crippen molar-refractivity contribution in [1.82, 2.24) is 9.80 Å². The molecule has 2 heterocycles. The van der Waals surface area contributed by atoms with Gasteiger partial charge >= 0.3 is 6.09 Å². The third-order valence-electron chi connectivity index (χ3n) is 5.78. The van der Waals surface area contributed by atoms with E-state index in [0.717, 1.165) is 4.90 Å². The van der Waals surface area contributed by atoms with Crippen molar-refractivity contribution in [2.75, 3.05) is 6.54 Å². The van der Waals surface area contributed by atoms with Crippen LogP contribution in [0.2, 0.25) is 18.1 Å². The standard InChI is InChI=1S/C17H30N2O5Si/c1-11-7-8-14(20)19(11)15(21)13-9-12(10-18(13)16(22)23)24-25(5,6)17(2,3)4/h11-13H,7-10H2,1-6H3,(H,22,23)/t11?,12-,13-/m0/s1. The third-order valence-corrected chi connectivity index (χ3v) is 10.3. The topological polar surface area (TPSA) is 87.2 Å². The number of amides is 3. The zero-order valence-corrected chi connectivity index (χ0v) is 17.0. The Morgan fingerprint density at radius 2 is 1.88 bits per heavy atom. The Balaban J connectivity index is 2.17. The van der Waals surface area contributed by atoms with Crippen LogP contribution < -0.4 is 0 Å². The van der Waals surface area contributed by atoms with Crippen molar-refractivity contribution in [3.8, 4) is 0 Å². The quantitative estimate of drug-likeness (QED) is 0.609. The SMILES string of the molecule is CC1CCC(=O)N1C(=O)[C@@H]1C[C@H](O[Si](C)(C)C(C)(C)C)CN1C(=O)O. The molecule has 0 aromatic heterocycles. The molecule has 1 unspecified atom stereocenters. The highest BCUT2D eigenvalue weighted by Crippen LogP contribution is 2.39. The molecule has 7 nitrogen and oxygen atoms in total. The maximum Gasteiger partial charge on any atom is 0.408 e. The first-order chi connectivity index (χ1) is 11.3. The third kappa shape index (κ3) is 3.89. The van der Waals surface area contributed by atoms with Crippen LogP contribution in [-0.4, -0.2) is 65.9 Å². The smallest absolute Gasteiger partial charge is 0.408 e. The van der Waals surface area contributed by atoms with E-state index in [0.29, 0.717) is 19.3 Å². The van der Waals surface area contributed by atoms with Crippen LogP contribution in [0.5, 0.6) is 0 Å². The summed E-state index contributed by atoms with van der Waals surface area (Å²) in [6.07, 6.45) is -0.156. The first-order valence-electron chi connectivity index (χ1n) is 8.88. The molecule has 2 saturated heterocycles. The van der Waals surface area contributed by atoms with Gasteiger partial charge in [-0.15, -0.1) is 0 Å². The first-order valence-corrected chi connectivity index (χ1v) is 11.8. The molecule has 3 atom stereocenters. The van der Waals surface area contributed by atoms with E-state index in [9.17, 15) is 19.5 Å². The molecule has 0 aliphatic carbocycles. The van der Waals surface area contributed by atoms with Gasteiger partial charge in [0.05, 0.1) is 6.10 Å². The van der Waals surface area contributed by atoms with Crippen LogP contribution in [0, 0.1) is 0 Å². The summed E-state index contributed by atoms with van der Waals surface area (Å²) in [6, 6.07) is -1.01. The fourth-order valence-electron chi connectivity index (χ4n) is 3.25. The minimum absolute atomic E-state index is 0.00256. The summed E-state index contributed by atoms with van der Waals surface area (Å²) in [5.74, 6) is -0.615. The van der Waals surface area contributed by atoms with Gasteiger partial charge in [-0.05, 0) is 31.5 Å². The zero-order valence-electron chi connectivity index (χ0n) is 16.0. The minimum Gasteiger partial charge on any atom is -0.465 e. The van der Waals surface area contributed by atoms with Crippen LogP contribution in [0.1, 0.15) is 47.0 Å². The fraction of sp³-hybridized carbons (Fsp3) is 0.824. The van der Waals surface area contributed by atoms with E-state index in [1.54, 1.807) is 0 Å². The number of imide groups is 1. The lowest BCUT2D eigenvalue weighted by molar-refractivity contribution is -0.146. The van der Waals surface area contributed by atoms with E-state index < -0.39 is 26.4 Å². The van der Waals surface area contributed by atoms with Crippen LogP contribution in [0.25, 0.3) is 0 Å². The lowest BCUT2D eigenvalue weighted by atomic mass is 10.1. The summed E-state index contributed by atoms with van der Waals surface area (Å²) < 4.78 is 6.32. The predicted molar refractivity (Wildman–Crippen MR) is 95.8 cm³/mol. The zero-order chi connectivity index (χ0) is 19.2. The van der Waals surface area contributed by atoms with Crippen molar-refractivity contribution in [2.24, 2.45) is 0 Å². The Morgan fingerprint density at radius 1 is 1.28 bits per heavy atom. The second-order valence-corrected chi connectivity index (χ2v) is 13.4. The Morgan fingerprint density at radius 3 is 2.32 bits per heavy atom. The van der Waals surface area contributed by atoms with E-state index in [-0.39, 0.29) is 29.6 Å². The number of hydrogen-bond donors (Lipinski definition) is 1. The molecular formula is C17H30N2O5Si. The number of rotatable bonds is 3. The summed E-state index contributed by atoms with van der Waals surface area (Å²) >= 11 is 0. The molecule has 25 heavy (non-hydrogen) atoms. The molecule has 0 bridgehead atoms. The van der Waals surface area contributed by atoms with E-state index in [1.807, 2.05) is 6.92 Å². The van der Waals surface area contributed by atoms with Gasteiger partial charge in [-0.1, -0.05) is 20.8 Å². The van der Waals surface area contributed by atoms with Crippen molar-refractivity contribution in [1.29, 1.82) is 0 Å². The highest BCUT2D eigenvalue weighted by atomic mass is 28.4. The van der Waals surface area contributed by atoms with Gasteiger partial charge in [-0.25, -0.2) is 4.79 Å². The van der Waals surface area contributed by atoms with Crippen LogP contribution in [0.3, 0.4) is 0 Å². The number of likely N-dealkylation sites (tertiary alicyclic amines) is 2. The van der Waals surface area contributed by atoms with Gasteiger partial charge in [-0.2, -0.15) is 0 Å². The molecule has 8 heteroatoms. The lowest BCUT2D eigenvalue weighted by Gasteiger charge is -2.38. The molecule has 3 amide bonds. The van der Waals surface area contributed by atoms with E-state index >= 15 is 0 Å². The second kappa shape index (κ2) is 6.72. The Bertz CT molecular complexity index is 572. The monoisotopic (exact) mass is 370 g/mol. The van der Waals surface area contributed by atoms with Gasteiger partial charge in [0.2, 0.25) is 5.91 Å². The summed E-state index contributed by atoms with van der Waals surface area (Å²) in [7, 11) is -2.07. The molecule has 142 valence electrons. The molecule has 0 saturated carbocycles. The maximum absolute atomic E-state index is 12.8. The van der Waals surface area contributed by atoms with Gasteiger partial charge in [0.25, 0.3) is 5.91 Å². The number of carbonyl (C=O) groups excluding carboxylic acids is 2. The Labute approximate surface area is 150 Å². The van der Waals surface area contributed by atoms with Gasteiger partial charge < -0.3 is 9.53 Å². The van der Waals surface area contributed by atoms with Crippen LogP contribution >= 0.6 is 0 Å². The molecule has 0 aromatic carbocycles. The van der Waals surface area contributed by atoms with E-state index in [1.165, 1.54) is 4.90 Å². The summed E-state index contributed by atoms with van der Waals surface area (Å²) in [6.45, 7) is 12.6. The first kappa shape index (κ1) is 19.9. The predicted octanol–water partition coefficient (Wildman–Crippen LogP) is 2.67. The van der Waals surface area contributed by atoms with Crippen LogP contribution in [0.4, 0.5) is 4.79 Å². The molecule has 2 aliphatic heterocycles. The summed E-state index contributed by atoms with van der Waals surface area (Å²) in [5, 5.41) is 9.51. The lowest BCUT2D eigenvalue weighted by Crippen LogP contribution is -2.49. The van der Waals surface area contributed by atoms with E-state index in [4.69, 9.17) is 4.43 Å². The van der Waals surface area contributed by atoms with Crippen molar-refractivity contribution >= 4 is 26.2 Å². The van der Waals surface area contributed by atoms with Gasteiger partial charge in [0.1, 0.15) is 6.04 Å². The average molecular weight is 371 g/mol. The number of carbonyl (C=O) groups is 3. The molecular weight excluding hydrogens is 340 g/mol. The molecule has 0 spiro atoms. The highest BCUT2D eigenvalue weighted by molar-refractivity contribution is 6.74. The van der Waals surface area contributed by atoms with Crippen molar-refractivity contribution in [2.45, 2.75) is 83.3 Å². The molecule has 2 rings (SSSR count). The molecule has 1 N–H and O–H groups in total. The highest BCUT2D eigenvalue weighted by Gasteiger charge is 2.48. The largest absolute Gasteiger partial charge is 0.465 e. The maximum atomic E-state index is 12.8. The van der Waals surface area contributed by atoms with E-state index in [2.05, 4.69) is 33.9 Å². The van der Waals surface area contributed by atoms with Gasteiger partial charge in [-0.3, -0.25) is 19.4 Å². The van der Waals surface area contributed by atoms with Crippen LogP contribution in [-0.2, 0) is 14.0 Å². The van der Waals surface area contributed by atoms with Gasteiger partial charge in [0, 0.05) is 25.4 Å². The summed E-state index contributed by atoms with van der Waals surface area (Å²) in [4.78, 5) is 38.9. The fourth-order valence-corrected chi connectivity index (χ4v) is 4.61. The van der Waals surface area contributed by atoms with Crippen molar-refractivity contribution in [3.05, 3.63) is 0 Å². The molecule has 0 aromatic rings. The number of nitrogens with zero attached hydrogens (tertiary/aromatic N) is 2. The van der Waals surface area contributed by atoms with Crippen molar-refractivity contribution < 1.29 is 23.9 Å². The number of carboxylic acid groups (broad SMARTS) is 1. The van der Waals surface area contributed by atoms with Crippen molar-refractivity contribution in [3.63, 3.8) is 0 Å². The minimum atomic E-state index is -2.07. The summed E-state index contributed by atoms with van der Waals surface area (Å²) in [5.41, 5.74) is 0. The van der Waals surface area contributed by atoms with Crippen LogP contribution in [0.15, 0.2) is 0 Å². The normalized spacial score (nSPS) is 27.9. The average Bonchev–Trinajstić information content (AvgIpc) is 3.01. The number of hydrogen-bond acceptors (Lipinski definition) is 4. The molecule has 0 radical (unpaired) electrons. The molecule has 2 fully saturated rings. The molecule has 2 aliphatic rings. The second-order valence-electron chi connectivity index (χ2n) is 8.68.